The van der Waals surface area contributed by atoms with Crippen molar-refractivity contribution < 1.29 is 14.3 Å². The van der Waals surface area contributed by atoms with Gasteiger partial charge in [-0.1, -0.05) is 36.8 Å². The zero-order chi connectivity index (χ0) is 14.8. The van der Waals surface area contributed by atoms with E-state index in [9.17, 15) is 9.59 Å². The van der Waals surface area contributed by atoms with Gasteiger partial charge in [-0.25, -0.2) is 4.79 Å². The molecule has 1 aliphatic carbocycles. The molecular weight excluding hydrogens is 266 g/mol. The second kappa shape index (κ2) is 5.88. The molecule has 4 nitrogen and oxygen atoms in total. The third-order valence-electron chi connectivity index (χ3n) is 4.77. The van der Waals surface area contributed by atoms with E-state index in [0.717, 1.165) is 18.4 Å². The lowest BCUT2D eigenvalue weighted by Crippen LogP contribution is -2.45. The molecule has 0 bridgehead atoms. The average molecular weight is 287 g/mol. The number of nitrogens with zero attached hydrogens (tertiary/aromatic N) is 1. The van der Waals surface area contributed by atoms with Gasteiger partial charge in [0.05, 0.1) is 13.2 Å². The van der Waals surface area contributed by atoms with E-state index in [0.29, 0.717) is 18.8 Å². The lowest BCUT2D eigenvalue weighted by atomic mass is 9.76. The Morgan fingerprint density at radius 1 is 1.24 bits per heavy atom. The summed E-state index contributed by atoms with van der Waals surface area (Å²) in [4.78, 5) is 26.2. The topological polar surface area (TPSA) is 46.6 Å². The molecule has 1 saturated heterocycles. The Bertz CT molecular complexity index is 524. The van der Waals surface area contributed by atoms with Crippen LogP contribution in [0.25, 0.3) is 0 Å². The first-order valence-corrected chi connectivity index (χ1v) is 7.66. The molecule has 2 aliphatic rings. The molecule has 3 rings (SSSR count). The predicted molar refractivity (Wildman–Crippen MR) is 78.4 cm³/mol. The lowest BCUT2D eigenvalue weighted by molar-refractivity contribution is -0.152. The highest BCUT2D eigenvalue weighted by molar-refractivity contribution is 5.88. The smallest absolute Gasteiger partial charge is 0.328 e. The number of carbonyl (C=O) groups excluding carboxylic acids is 2. The van der Waals surface area contributed by atoms with Gasteiger partial charge in [-0.3, -0.25) is 4.79 Å². The number of carbonyl (C=O) groups is 2. The molecule has 2 atom stereocenters. The summed E-state index contributed by atoms with van der Waals surface area (Å²) in [6.45, 7) is 0. The quantitative estimate of drug-likeness (QED) is 0.800. The maximum Gasteiger partial charge on any atom is 0.328 e. The number of likely N-dealkylation sites (tertiary alicyclic amines) is 1. The Kier molecular flexibility index (Phi) is 3.95. The minimum atomic E-state index is -0.423. The van der Waals surface area contributed by atoms with Crippen molar-refractivity contribution in [3.05, 3.63) is 35.9 Å². The van der Waals surface area contributed by atoms with Gasteiger partial charge in [0.15, 0.2) is 0 Å². The van der Waals surface area contributed by atoms with Crippen LogP contribution < -0.4 is 0 Å². The van der Waals surface area contributed by atoms with Crippen LogP contribution in [0.2, 0.25) is 0 Å². The molecule has 1 aromatic rings. The molecular formula is C17H21NO3. The maximum atomic E-state index is 12.4. The summed E-state index contributed by atoms with van der Waals surface area (Å²) in [5.41, 5.74) is 1.13. The van der Waals surface area contributed by atoms with Crippen LogP contribution in [0.15, 0.2) is 30.3 Å². The van der Waals surface area contributed by atoms with E-state index in [1.807, 2.05) is 18.2 Å². The molecule has 1 heterocycles. The van der Waals surface area contributed by atoms with E-state index in [2.05, 4.69) is 12.1 Å². The second-order valence-electron chi connectivity index (χ2n) is 5.93. The predicted octanol–water partition coefficient (Wildman–Crippen LogP) is 2.69. The monoisotopic (exact) mass is 287 g/mol. The Balaban J connectivity index is 1.94. The number of rotatable bonds is 4. The first kappa shape index (κ1) is 14.1. The van der Waals surface area contributed by atoms with Crippen LogP contribution >= 0.6 is 0 Å². The standard InChI is InChI=1S/C17H21NO3/c1-21-17(20)14-10-11-15(19)18(14)16(13-8-5-9-13)12-6-3-2-4-7-12/h2-4,6-7,13-14,16H,5,8-11H2,1H3. The fourth-order valence-corrected chi connectivity index (χ4v) is 3.48. The summed E-state index contributed by atoms with van der Waals surface area (Å²) in [6, 6.07) is 9.67. The van der Waals surface area contributed by atoms with Gasteiger partial charge >= 0.3 is 5.97 Å². The van der Waals surface area contributed by atoms with Gasteiger partial charge in [0, 0.05) is 6.42 Å². The third kappa shape index (κ3) is 2.55. The highest BCUT2D eigenvalue weighted by Crippen LogP contribution is 2.44. The number of esters is 1. The van der Waals surface area contributed by atoms with Crippen molar-refractivity contribution in [3.63, 3.8) is 0 Å². The Hall–Kier alpha value is -1.84. The molecule has 1 amide bonds. The lowest BCUT2D eigenvalue weighted by Gasteiger charge is -2.41. The Labute approximate surface area is 125 Å². The van der Waals surface area contributed by atoms with E-state index >= 15 is 0 Å². The van der Waals surface area contributed by atoms with Crippen molar-refractivity contribution in [1.29, 1.82) is 0 Å². The molecule has 21 heavy (non-hydrogen) atoms. The number of hydrogen-bond donors (Lipinski definition) is 0. The Morgan fingerprint density at radius 3 is 2.52 bits per heavy atom. The van der Waals surface area contributed by atoms with Crippen LogP contribution in [0.4, 0.5) is 0 Å². The summed E-state index contributed by atoms with van der Waals surface area (Å²) < 4.78 is 4.90. The number of ether oxygens (including phenoxy) is 1. The summed E-state index contributed by atoms with van der Waals surface area (Å²) in [5, 5.41) is 0. The van der Waals surface area contributed by atoms with Gasteiger partial charge in [0.25, 0.3) is 0 Å². The van der Waals surface area contributed by atoms with Crippen LogP contribution in [0.5, 0.6) is 0 Å². The van der Waals surface area contributed by atoms with Crippen LogP contribution in [0.3, 0.4) is 0 Å². The Morgan fingerprint density at radius 2 is 1.95 bits per heavy atom. The van der Waals surface area contributed by atoms with E-state index in [4.69, 9.17) is 4.74 Å². The summed E-state index contributed by atoms with van der Waals surface area (Å²) in [6.07, 6.45) is 4.46. The second-order valence-corrected chi connectivity index (χ2v) is 5.93. The van der Waals surface area contributed by atoms with Crippen LogP contribution in [-0.2, 0) is 14.3 Å². The van der Waals surface area contributed by atoms with Crippen LogP contribution in [0.1, 0.15) is 43.7 Å². The minimum absolute atomic E-state index is 0.0130. The fourth-order valence-electron chi connectivity index (χ4n) is 3.48. The minimum Gasteiger partial charge on any atom is -0.467 e. The molecule has 0 N–H and O–H groups in total. The van der Waals surface area contributed by atoms with Gasteiger partial charge in [-0.05, 0) is 30.7 Å². The maximum absolute atomic E-state index is 12.4. The molecule has 1 aliphatic heterocycles. The van der Waals surface area contributed by atoms with E-state index < -0.39 is 6.04 Å². The van der Waals surface area contributed by atoms with Gasteiger partial charge in [-0.2, -0.15) is 0 Å². The largest absolute Gasteiger partial charge is 0.467 e. The molecule has 2 unspecified atom stereocenters. The van der Waals surface area contributed by atoms with Gasteiger partial charge in [-0.15, -0.1) is 0 Å². The van der Waals surface area contributed by atoms with E-state index in [1.54, 1.807) is 4.90 Å². The first-order valence-electron chi connectivity index (χ1n) is 7.66. The van der Waals surface area contributed by atoms with Crippen molar-refractivity contribution >= 4 is 11.9 Å². The van der Waals surface area contributed by atoms with Crippen molar-refractivity contribution in [2.45, 2.75) is 44.2 Å². The number of hydrogen-bond acceptors (Lipinski definition) is 3. The van der Waals surface area contributed by atoms with Gasteiger partial charge in [0.2, 0.25) is 5.91 Å². The molecule has 0 spiro atoms. The SMILES string of the molecule is COC(=O)C1CCC(=O)N1C(c1ccccc1)C1CCC1. The van der Waals surface area contributed by atoms with Crippen molar-refractivity contribution in [2.24, 2.45) is 5.92 Å². The van der Waals surface area contributed by atoms with Crippen molar-refractivity contribution in [3.8, 4) is 0 Å². The molecule has 1 saturated carbocycles. The third-order valence-corrected chi connectivity index (χ3v) is 4.77. The van der Waals surface area contributed by atoms with Crippen molar-refractivity contribution in [2.75, 3.05) is 7.11 Å². The normalized spacial score (nSPS) is 23.8. The van der Waals surface area contributed by atoms with Gasteiger partial charge < -0.3 is 9.64 Å². The highest BCUT2D eigenvalue weighted by atomic mass is 16.5. The summed E-state index contributed by atoms with van der Waals surface area (Å²) in [5.74, 6) is 0.244. The number of methoxy groups -OCH3 is 1. The molecule has 0 aromatic heterocycles. The van der Waals surface area contributed by atoms with Gasteiger partial charge in [0.1, 0.15) is 6.04 Å². The highest BCUT2D eigenvalue weighted by Gasteiger charge is 2.45. The zero-order valence-corrected chi connectivity index (χ0v) is 12.3. The molecule has 112 valence electrons. The first-order chi connectivity index (χ1) is 10.2. The average Bonchev–Trinajstić information content (AvgIpc) is 2.84. The molecule has 0 radical (unpaired) electrons. The summed E-state index contributed by atoms with van der Waals surface area (Å²) in [7, 11) is 1.39. The number of amides is 1. The number of benzene rings is 1. The fraction of sp³-hybridized carbons (Fsp3) is 0.529. The summed E-state index contributed by atoms with van der Waals surface area (Å²) >= 11 is 0. The molecule has 2 fully saturated rings. The van der Waals surface area contributed by atoms with E-state index in [-0.39, 0.29) is 17.9 Å². The zero-order valence-electron chi connectivity index (χ0n) is 12.3. The van der Waals surface area contributed by atoms with Crippen LogP contribution in [-0.4, -0.2) is 29.9 Å². The molecule has 1 aromatic carbocycles. The molecule has 4 heteroatoms. The van der Waals surface area contributed by atoms with E-state index in [1.165, 1.54) is 13.5 Å². The van der Waals surface area contributed by atoms with Crippen LogP contribution in [0, 0.1) is 5.92 Å². The van der Waals surface area contributed by atoms with Crippen molar-refractivity contribution in [1.82, 2.24) is 4.90 Å².